The van der Waals surface area contributed by atoms with Crippen molar-refractivity contribution >= 4 is 17.0 Å². The van der Waals surface area contributed by atoms with Crippen molar-refractivity contribution in [2.24, 2.45) is 0 Å². The van der Waals surface area contributed by atoms with Gasteiger partial charge in [0.25, 0.3) is 0 Å². The van der Waals surface area contributed by atoms with E-state index in [4.69, 9.17) is 5.11 Å². The van der Waals surface area contributed by atoms with Crippen molar-refractivity contribution in [2.45, 2.75) is 38.1 Å². The first-order chi connectivity index (χ1) is 14.1. The van der Waals surface area contributed by atoms with E-state index >= 15 is 0 Å². The minimum absolute atomic E-state index is 0.222. The average Bonchev–Trinajstić information content (AvgIpc) is 3.09. The zero-order valence-electron chi connectivity index (χ0n) is 16.4. The maximum atomic E-state index is 13.2. The maximum Gasteiger partial charge on any atom is 0.303 e. The van der Waals surface area contributed by atoms with Gasteiger partial charge in [-0.25, -0.2) is 9.37 Å². The molecule has 1 N–H and O–H groups in total. The van der Waals surface area contributed by atoms with Gasteiger partial charge in [-0.2, -0.15) is 0 Å². The SMILES string of the molecule is O=C(O)CCCN1CCC(c2cn(Cc3ccc(F)cc3)c3ncccc23)CC1. The summed E-state index contributed by atoms with van der Waals surface area (Å²) in [6.45, 7) is 3.51. The molecule has 0 unspecified atom stereocenters. The number of piperidine rings is 1. The molecule has 6 heteroatoms. The van der Waals surface area contributed by atoms with E-state index in [1.54, 1.807) is 0 Å². The molecule has 3 aromatic rings. The number of likely N-dealkylation sites (tertiary alicyclic amines) is 1. The molecule has 1 aliphatic rings. The van der Waals surface area contributed by atoms with Gasteiger partial charge in [0.15, 0.2) is 0 Å². The summed E-state index contributed by atoms with van der Waals surface area (Å²) in [7, 11) is 0. The number of nitrogens with zero attached hydrogens (tertiary/aromatic N) is 3. The van der Waals surface area contributed by atoms with Crippen LogP contribution < -0.4 is 0 Å². The first-order valence-corrected chi connectivity index (χ1v) is 10.2. The lowest BCUT2D eigenvalue weighted by atomic mass is 9.89. The third kappa shape index (κ3) is 4.65. The number of carboxylic acid groups (broad SMARTS) is 1. The van der Waals surface area contributed by atoms with E-state index in [2.05, 4.69) is 26.7 Å². The summed E-state index contributed by atoms with van der Waals surface area (Å²) in [6, 6.07) is 10.7. The zero-order chi connectivity index (χ0) is 20.2. The minimum Gasteiger partial charge on any atom is -0.481 e. The van der Waals surface area contributed by atoms with Crippen molar-refractivity contribution in [2.75, 3.05) is 19.6 Å². The molecule has 0 atom stereocenters. The van der Waals surface area contributed by atoms with Gasteiger partial charge in [0.05, 0.1) is 0 Å². The molecule has 0 spiro atoms. The van der Waals surface area contributed by atoms with Crippen molar-refractivity contribution in [1.29, 1.82) is 0 Å². The fourth-order valence-corrected chi connectivity index (χ4v) is 4.30. The molecule has 3 heterocycles. The average molecular weight is 395 g/mol. The quantitative estimate of drug-likeness (QED) is 0.649. The smallest absolute Gasteiger partial charge is 0.303 e. The highest BCUT2D eigenvalue weighted by Gasteiger charge is 2.24. The molecule has 1 aliphatic heterocycles. The lowest BCUT2D eigenvalue weighted by Crippen LogP contribution is -2.33. The Labute approximate surface area is 169 Å². The Morgan fingerprint density at radius 2 is 1.93 bits per heavy atom. The number of hydrogen-bond donors (Lipinski definition) is 1. The summed E-state index contributed by atoms with van der Waals surface area (Å²) >= 11 is 0. The van der Waals surface area contributed by atoms with Crippen LogP contribution in [0.4, 0.5) is 4.39 Å². The molecule has 29 heavy (non-hydrogen) atoms. The standard InChI is InChI=1S/C23H26FN3O2/c24-19-7-5-17(6-8-19)15-27-16-21(20-3-1-11-25-23(20)27)18-9-13-26(14-10-18)12-2-4-22(28)29/h1,3,5-8,11,16,18H,2,4,9-10,12-15H2,(H,28,29). The summed E-state index contributed by atoms with van der Waals surface area (Å²) in [5.41, 5.74) is 3.35. The van der Waals surface area contributed by atoms with Crippen molar-refractivity contribution < 1.29 is 14.3 Å². The largest absolute Gasteiger partial charge is 0.481 e. The minimum atomic E-state index is -0.721. The molecule has 1 fully saturated rings. The number of carboxylic acids is 1. The Balaban J connectivity index is 1.48. The summed E-state index contributed by atoms with van der Waals surface area (Å²) < 4.78 is 15.4. The van der Waals surface area contributed by atoms with Gasteiger partial charge < -0.3 is 14.6 Å². The second-order valence-corrected chi connectivity index (χ2v) is 7.83. The van der Waals surface area contributed by atoms with Crippen LogP contribution >= 0.6 is 0 Å². The second kappa shape index (κ2) is 8.74. The van der Waals surface area contributed by atoms with Gasteiger partial charge in [-0.3, -0.25) is 4.79 Å². The van der Waals surface area contributed by atoms with Crippen LogP contribution in [0.3, 0.4) is 0 Å². The van der Waals surface area contributed by atoms with Crippen molar-refractivity contribution in [3.8, 4) is 0 Å². The van der Waals surface area contributed by atoms with Crippen LogP contribution in [0.5, 0.6) is 0 Å². The van der Waals surface area contributed by atoms with Crippen LogP contribution in [-0.2, 0) is 11.3 Å². The predicted molar refractivity (Wildman–Crippen MR) is 111 cm³/mol. The number of aliphatic carboxylic acids is 1. The van der Waals surface area contributed by atoms with E-state index in [0.717, 1.165) is 43.7 Å². The topological polar surface area (TPSA) is 58.4 Å². The van der Waals surface area contributed by atoms with Gasteiger partial charge >= 0.3 is 5.97 Å². The summed E-state index contributed by atoms with van der Waals surface area (Å²) in [6.07, 6.45) is 7.11. The van der Waals surface area contributed by atoms with Gasteiger partial charge in [-0.1, -0.05) is 12.1 Å². The van der Waals surface area contributed by atoms with E-state index in [1.807, 2.05) is 24.4 Å². The highest BCUT2D eigenvalue weighted by molar-refractivity contribution is 5.81. The summed E-state index contributed by atoms with van der Waals surface area (Å²) in [5, 5.41) is 10.0. The summed E-state index contributed by atoms with van der Waals surface area (Å²) in [4.78, 5) is 17.7. The molecule has 1 saturated heterocycles. The number of hydrogen-bond acceptors (Lipinski definition) is 3. The van der Waals surface area contributed by atoms with E-state index in [0.29, 0.717) is 18.9 Å². The molecule has 2 aromatic heterocycles. The maximum absolute atomic E-state index is 13.2. The van der Waals surface area contributed by atoms with Crippen LogP contribution in [0.25, 0.3) is 11.0 Å². The number of pyridine rings is 1. The number of carbonyl (C=O) groups is 1. The molecule has 0 bridgehead atoms. The second-order valence-electron chi connectivity index (χ2n) is 7.83. The number of benzene rings is 1. The normalized spacial score (nSPS) is 15.8. The number of halogens is 1. The van der Waals surface area contributed by atoms with Crippen molar-refractivity contribution in [1.82, 2.24) is 14.5 Å². The molecular formula is C23H26FN3O2. The van der Waals surface area contributed by atoms with Gasteiger partial charge in [0, 0.05) is 30.7 Å². The molecule has 4 rings (SSSR count). The monoisotopic (exact) mass is 395 g/mol. The third-order valence-electron chi connectivity index (χ3n) is 5.82. The fourth-order valence-electron chi connectivity index (χ4n) is 4.30. The predicted octanol–water partition coefficient (Wildman–Crippen LogP) is 4.27. The van der Waals surface area contributed by atoms with E-state index in [1.165, 1.54) is 23.1 Å². The molecule has 0 radical (unpaired) electrons. The molecule has 0 saturated carbocycles. The molecule has 5 nitrogen and oxygen atoms in total. The van der Waals surface area contributed by atoms with Crippen LogP contribution in [-0.4, -0.2) is 45.2 Å². The molecule has 152 valence electrons. The molecule has 0 amide bonds. The van der Waals surface area contributed by atoms with E-state index < -0.39 is 5.97 Å². The third-order valence-corrected chi connectivity index (χ3v) is 5.82. The van der Waals surface area contributed by atoms with Crippen molar-refractivity contribution in [3.63, 3.8) is 0 Å². The van der Waals surface area contributed by atoms with Crippen LogP contribution in [0, 0.1) is 5.82 Å². The Bertz CT molecular complexity index is 975. The Hall–Kier alpha value is -2.73. The van der Waals surface area contributed by atoms with E-state index in [-0.39, 0.29) is 12.2 Å². The summed E-state index contributed by atoms with van der Waals surface area (Å²) in [5.74, 6) is -0.465. The number of fused-ring (bicyclic) bond motifs is 1. The zero-order valence-corrected chi connectivity index (χ0v) is 16.4. The molecular weight excluding hydrogens is 369 g/mol. The highest BCUT2D eigenvalue weighted by atomic mass is 19.1. The fraction of sp³-hybridized carbons (Fsp3) is 0.391. The lowest BCUT2D eigenvalue weighted by molar-refractivity contribution is -0.137. The molecule has 0 aliphatic carbocycles. The lowest BCUT2D eigenvalue weighted by Gasteiger charge is -2.31. The Morgan fingerprint density at radius 3 is 2.66 bits per heavy atom. The van der Waals surface area contributed by atoms with Gasteiger partial charge in [-0.05, 0) is 80.2 Å². The number of rotatable bonds is 7. The van der Waals surface area contributed by atoms with Gasteiger partial charge in [0.1, 0.15) is 11.5 Å². The van der Waals surface area contributed by atoms with Crippen LogP contribution in [0.2, 0.25) is 0 Å². The number of aromatic nitrogens is 2. The van der Waals surface area contributed by atoms with Crippen LogP contribution in [0.1, 0.15) is 42.7 Å². The van der Waals surface area contributed by atoms with Crippen LogP contribution in [0.15, 0.2) is 48.8 Å². The molecule has 1 aromatic carbocycles. The van der Waals surface area contributed by atoms with E-state index in [9.17, 15) is 9.18 Å². The first-order valence-electron chi connectivity index (χ1n) is 10.2. The van der Waals surface area contributed by atoms with Gasteiger partial charge in [0.2, 0.25) is 0 Å². The first kappa shape index (κ1) is 19.6. The highest BCUT2D eigenvalue weighted by Crippen LogP contribution is 2.34. The van der Waals surface area contributed by atoms with Gasteiger partial charge in [-0.15, -0.1) is 0 Å². The van der Waals surface area contributed by atoms with Crippen molar-refractivity contribution in [3.05, 3.63) is 65.7 Å². The Kier molecular flexibility index (Phi) is 5.90. The Morgan fingerprint density at radius 1 is 1.17 bits per heavy atom.